The molecule has 2 N–H and O–H groups in total. The van der Waals surface area contributed by atoms with Crippen molar-refractivity contribution < 1.29 is 9.57 Å². The minimum Gasteiger partial charge on any atom is -0.399 e. The van der Waals surface area contributed by atoms with Crippen LogP contribution >= 0.6 is 0 Å². The first-order valence-corrected chi connectivity index (χ1v) is 12.9. The topological polar surface area (TPSA) is 114 Å². The lowest BCUT2D eigenvalue weighted by molar-refractivity contribution is 0.0974. The van der Waals surface area contributed by atoms with Crippen molar-refractivity contribution in [3.8, 4) is 0 Å². The fraction of sp³-hybridized carbons (Fsp3) is 0.577. The van der Waals surface area contributed by atoms with Crippen molar-refractivity contribution in [1.82, 2.24) is 15.0 Å². The summed E-state index contributed by atoms with van der Waals surface area (Å²) in [5.74, 6) is 2.17. The monoisotopic (exact) mass is 490 g/mol. The Morgan fingerprint density at radius 2 is 2.03 bits per heavy atom. The molecule has 0 unspecified atom stereocenters. The summed E-state index contributed by atoms with van der Waals surface area (Å²) in [6.07, 6.45) is 6.71. The van der Waals surface area contributed by atoms with Crippen molar-refractivity contribution >= 4 is 23.6 Å². The zero-order chi connectivity index (χ0) is 24.9. The van der Waals surface area contributed by atoms with E-state index in [4.69, 9.17) is 35.3 Å². The number of pyridine rings is 1. The molecule has 10 heteroatoms. The number of nitrogens with two attached hydrogens (primary N) is 1. The molecule has 0 aliphatic carbocycles. The Kier molecular flexibility index (Phi) is 5.88. The zero-order valence-corrected chi connectivity index (χ0v) is 21.2. The SMILES string of the molecule is CO/N=C/c1ccc2c(n1)[C@@H](C)CCN2C1=NCc2nc(N3CCC4(CC3)CO[C@@H](C)[C@H]4N)cnc21. The highest BCUT2D eigenvalue weighted by molar-refractivity contribution is 6.11. The second-order valence-electron chi connectivity index (χ2n) is 10.5. The van der Waals surface area contributed by atoms with Crippen LogP contribution in [0.3, 0.4) is 0 Å². The minimum atomic E-state index is 0.0957. The van der Waals surface area contributed by atoms with Crippen LogP contribution in [0.4, 0.5) is 11.5 Å². The number of fused-ring (bicyclic) bond motifs is 2. The van der Waals surface area contributed by atoms with Crippen LogP contribution in [0.25, 0.3) is 0 Å². The van der Waals surface area contributed by atoms with Crippen LogP contribution in [0.2, 0.25) is 0 Å². The molecule has 2 fully saturated rings. The lowest BCUT2D eigenvalue weighted by atomic mass is 9.73. The number of amidine groups is 1. The Morgan fingerprint density at radius 3 is 2.78 bits per heavy atom. The molecule has 4 aliphatic rings. The lowest BCUT2D eigenvalue weighted by Gasteiger charge is -2.41. The molecular weight excluding hydrogens is 456 g/mol. The van der Waals surface area contributed by atoms with Crippen LogP contribution < -0.4 is 15.5 Å². The molecule has 2 saturated heterocycles. The summed E-state index contributed by atoms with van der Waals surface area (Å²) in [6, 6.07) is 4.16. The number of nitrogens with zero attached hydrogens (tertiary/aromatic N) is 7. The number of aliphatic imine (C=N–C) groups is 1. The van der Waals surface area contributed by atoms with Gasteiger partial charge in [-0.2, -0.15) is 0 Å². The lowest BCUT2D eigenvalue weighted by Crippen LogP contribution is -2.50. The van der Waals surface area contributed by atoms with Crippen molar-refractivity contribution in [2.24, 2.45) is 21.3 Å². The maximum atomic E-state index is 6.50. The van der Waals surface area contributed by atoms with Gasteiger partial charge >= 0.3 is 0 Å². The number of piperidine rings is 1. The molecule has 0 amide bonds. The normalized spacial score (nSPS) is 26.9. The van der Waals surface area contributed by atoms with Crippen molar-refractivity contribution in [3.63, 3.8) is 0 Å². The Hall–Kier alpha value is -3.11. The van der Waals surface area contributed by atoms with Crippen molar-refractivity contribution in [3.05, 3.63) is 41.1 Å². The first-order chi connectivity index (χ1) is 17.5. The maximum Gasteiger partial charge on any atom is 0.156 e. The second-order valence-corrected chi connectivity index (χ2v) is 10.5. The third-order valence-corrected chi connectivity index (χ3v) is 8.37. The van der Waals surface area contributed by atoms with E-state index in [1.807, 2.05) is 12.3 Å². The van der Waals surface area contributed by atoms with Crippen molar-refractivity contribution in [2.75, 3.05) is 43.2 Å². The van der Waals surface area contributed by atoms with E-state index in [0.29, 0.717) is 12.5 Å². The summed E-state index contributed by atoms with van der Waals surface area (Å²) in [5.41, 5.74) is 11.3. The number of rotatable bonds is 3. The predicted molar refractivity (Wildman–Crippen MR) is 139 cm³/mol. The summed E-state index contributed by atoms with van der Waals surface area (Å²) in [5, 5.41) is 3.86. The molecule has 2 aromatic heterocycles. The van der Waals surface area contributed by atoms with Gasteiger partial charge in [0.2, 0.25) is 0 Å². The van der Waals surface area contributed by atoms with E-state index in [9.17, 15) is 0 Å². The smallest absolute Gasteiger partial charge is 0.156 e. The van der Waals surface area contributed by atoms with Crippen LogP contribution in [0, 0.1) is 5.41 Å². The molecule has 0 bridgehead atoms. The number of oxime groups is 1. The van der Waals surface area contributed by atoms with Gasteiger partial charge in [0.15, 0.2) is 5.84 Å². The summed E-state index contributed by atoms with van der Waals surface area (Å²) in [4.78, 5) is 29.0. The van der Waals surface area contributed by atoms with E-state index in [1.54, 1.807) is 6.21 Å². The van der Waals surface area contributed by atoms with E-state index in [2.05, 4.69) is 34.9 Å². The zero-order valence-electron chi connectivity index (χ0n) is 21.2. The van der Waals surface area contributed by atoms with Gasteiger partial charge in [0.25, 0.3) is 0 Å². The average molecular weight is 491 g/mol. The third kappa shape index (κ3) is 3.83. The van der Waals surface area contributed by atoms with Gasteiger partial charge in [-0.05, 0) is 38.3 Å². The summed E-state index contributed by atoms with van der Waals surface area (Å²) < 4.78 is 5.88. The van der Waals surface area contributed by atoms with Gasteiger partial charge in [-0.15, -0.1) is 0 Å². The molecule has 0 aromatic carbocycles. The number of ether oxygens (including phenoxy) is 1. The highest BCUT2D eigenvalue weighted by Gasteiger charge is 2.47. The Bertz CT molecular complexity index is 1210. The predicted octanol–water partition coefficient (Wildman–Crippen LogP) is 2.46. The van der Waals surface area contributed by atoms with Gasteiger partial charge in [-0.1, -0.05) is 12.1 Å². The maximum absolute atomic E-state index is 6.50. The Balaban J connectivity index is 1.21. The third-order valence-electron chi connectivity index (χ3n) is 8.37. The van der Waals surface area contributed by atoms with Crippen LogP contribution in [0.15, 0.2) is 28.5 Å². The molecule has 2 aromatic rings. The molecule has 6 heterocycles. The molecule has 0 saturated carbocycles. The quantitative estimate of drug-likeness (QED) is 0.516. The van der Waals surface area contributed by atoms with E-state index < -0.39 is 0 Å². The molecule has 36 heavy (non-hydrogen) atoms. The number of aromatic nitrogens is 3. The first kappa shape index (κ1) is 23.3. The molecular formula is C26H34N8O2. The highest BCUT2D eigenvalue weighted by atomic mass is 16.6. The van der Waals surface area contributed by atoms with Gasteiger partial charge in [-0.25, -0.2) is 15.0 Å². The summed E-state index contributed by atoms with van der Waals surface area (Å²) in [6.45, 7) is 8.32. The minimum absolute atomic E-state index is 0.0957. The summed E-state index contributed by atoms with van der Waals surface area (Å²) in [7, 11) is 1.53. The number of anilines is 2. The first-order valence-electron chi connectivity index (χ1n) is 12.9. The second kappa shape index (κ2) is 9.08. The van der Waals surface area contributed by atoms with Crippen LogP contribution in [-0.4, -0.2) is 72.5 Å². The molecule has 3 atom stereocenters. The van der Waals surface area contributed by atoms with E-state index in [1.165, 1.54) is 7.11 Å². The van der Waals surface area contributed by atoms with Crippen LogP contribution in [0.1, 0.15) is 61.8 Å². The van der Waals surface area contributed by atoms with E-state index >= 15 is 0 Å². The molecule has 1 spiro atoms. The van der Waals surface area contributed by atoms with Gasteiger partial charge in [0, 0.05) is 37.0 Å². The average Bonchev–Trinajstić information content (AvgIpc) is 3.45. The van der Waals surface area contributed by atoms with Gasteiger partial charge in [0.1, 0.15) is 18.6 Å². The molecule has 4 aliphatic heterocycles. The molecule has 0 radical (unpaired) electrons. The van der Waals surface area contributed by atoms with Crippen molar-refractivity contribution in [2.45, 2.75) is 57.7 Å². The fourth-order valence-electron chi connectivity index (χ4n) is 6.01. The Labute approximate surface area is 211 Å². The summed E-state index contributed by atoms with van der Waals surface area (Å²) >= 11 is 0. The molecule has 190 valence electrons. The van der Waals surface area contributed by atoms with Gasteiger partial charge in [0.05, 0.1) is 54.4 Å². The van der Waals surface area contributed by atoms with Crippen LogP contribution in [0.5, 0.6) is 0 Å². The van der Waals surface area contributed by atoms with Crippen molar-refractivity contribution in [1.29, 1.82) is 0 Å². The van der Waals surface area contributed by atoms with E-state index in [-0.39, 0.29) is 17.6 Å². The molecule has 10 nitrogen and oxygen atoms in total. The number of hydrogen-bond donors (Lipinski definition) is 1. The molecule has 6 rings (SSSR count). The van der Waals surface area contributed by atoms with Gasteiger partial charge < -0.3 is 25.1 Å². The standard InChI is InChI=1S/C26H34N8O2/c1-16-6-9-34(20-5-4-18(12-30-35-3)31-22(16)20)25-23-19(13-29-25)32-21(14-28-23)33-10-7-26(8-11-33)15-36-17(2)24(26)27/h4-5,12,14,16-17,24H,6-11,13,15,27H2,1-3H3/b30-12+/t16-,17-,24+/m0/s1. The highest BCUT2D eigenvalue weighted by Crippen LogP contribution is 2.42. The van der Waals surface area contributed by atoms with Crippen LogP contribution in [-0.2, 0) is 16.1 Å². The largest absolute Gasteiger partial charge is 0.399 e. The van der Waals surface area contributed by atoms with E-state index in [0.717, 1.165) is 85.6 Å². The number of hydrogen-bond acceptors (Lipinski definition) is 10. The Morgan fingerprint density at radius 1 is 1.19 bits per heavy atom. The fourth-order valence-corrected chi connectivity index (χ4v) is 6.01. The van der Waals surface area contributed by atoms with Gasteiger partial charge in [-0.3, -0.25) is 4.99 Å².